The maximum atomic E-state index is 6.29. The molecule has 1 aromatic heterocycles. The van der Waals surface area contributed by atoms with Gasteiger partial charge in [0.2, 0.25) is 0 Å². The quantitative estimate of drug-likeness (QED) is 0.839. The van der Waals surface area contributed by atoms with Crippen molar-refractivity contribution in [2.45, 2.75) is 39.3 Å². The number of nitrogens with one attached hydrogen (secondary N) is 1. The standard InChI is InChI=1S/C15H20Cl2N4/c1-3-7-21-15(10-19-20-21)14(18-4-2)8-11-5-6-12(16)9-13(11)17/h5-6,9-10,14,18H,3-4,7-8H2,1-2H3. The van der Waals surface area contributed by atoms with Crippen LogP contribution in [0.5, 0.6) is 0 Å². The fourth-order valence-electron chi connectivity index (χ4n) is 2.36. The summed E-state index contributed by atoms with van der Waals surface area (Å²) in [5.41, 5.74) is 2.15. The minimum absolute atomic E-state index is 0.134. The molecule has 0 spiro atoms. The van der Waals surface area contributed by atoms with E-state index < -0.39 is 0 Å². The van der Waals surface area contributed by atoms with Crippen LogP contribution in [0.25, 0.3) is 0 Å². The molecule has 114 valence electrons. The first kappa shape index (κ1) is 16.3. The van der Waals surface area contributed by atoms with Crippen molar-refractivity contribution in [1.29, 1.82) is 0 Å². The van der Waals surface area contributed by atoms with Crippen LogP contribution in [0, 0.1) is 0 Å². The van der Waals surface area contributed by atoms with E-state index in [1.165, 1.54) is 0 Å². The van der Waals surface area contributed by atoms with Crippen LogP contribution in [0.4, 0.5) is 0 Å². The number of rotatable bonds is 7. The molecule has 1 heterocycles. The molecule has 0 saturated heterocycles. The van der Waals surface area contributed by atoms with Gasteiger partial charge in [0.05, 0.1) is 17.9 Å². The molecule has 0 amide bonds. The number of nitrogens with zero attached hydrogens (tertiary/aromatic N) is 3. The Balaban J connectivity index is 2.24. The highest BCUT2D eigenvalue weighted by Gasteiger charge is 2.18. The van der Waals surface area contributed by atoms with Crippen LogP contribution in [0.1, 0.15) is 37.6 Å². The minimum Gasteiger partial charge on any atom is -0.309 e. The van der Waals surface area contributed by atoms with E-state index in [0.717, 1.165) is 37.2 Å². The lowest BCUT2D eigenvalue weighted by Gasteiger charge is -2.19. The van der Waals surface area contributed by atoms with Crippen LogP contribution in [0.2, 0.25) is 10.0 Å². The van der Waals surface area contributed by atoms with Crippen LogP contribution >= 0.6 is 23.2 Å². The number of benzene rings is 1. The zero-order valence-electron chi connectivity index (χ0n) is 12.3. The van der Waals surface area contributed by atoms with E-state index in [-0.39, 0.29) is 6.04 Å². The second-order valence-corrected chi connectivity index (χ2v) is 5.78. The highest BCUT2D eigenvalue weighted by molar-refractivity contribution is 6.35. The molecular formula is C15H20Cl2N4. The van der Waals surface area contributed by atoms with Gasteiger partial charge in [-0.25, -0.2) is 4.68 Å². The van der Waals surface area contributed by atoms with Crippen LogP contribution in [-0.2, 0) is 13.0 Å². The number of aryl methyl sites for hydroxylation is 1. The van der Waals surface area contributed by atoms with E-state index in [4.69, 9.17) is 23.2 Å². The normalized spacial score (nSPS) is 12.6. The number of hydrogen-bond donors (Lipinski definition) is 1. The van der Waals surface area contributed by atoms with Gasteiger partial charge in [-0.05, 0) is 37.1 Å². The Hall–Kier alpha value is -1.10. The van der Waals surface area contributed by atoms with Crippen molar-refractivity contribution in [3.63, 3.8) is 0 Å². The van der Waals surface area contributed by atoms with Crippen molar-refractivity contribution in [2.24, 2.45) is 0 Å². The van der Waals surface area contributed by atoms with Crippen molar-refractivity contribution in [1.82, 2.24) is 20.3 Å². The molecule has 0 aliphatic carbocycles. The average Bonchev–Trinajstić information content (AvgIpc) is 2.90. The molecule has 1 aromatic carbocycles. The SMILES string of the molecule is CCCn1nncc1C(Cc1ccc(Cl)cc1Cl)NCC. The first-order valence-corrected chi connectivity index (χ1v) is 7.97. The van der Waals surface area contributed by atoms with Crippen LogP contribution in [0.3, 0.4) is 0 Å². The molecule has 1 N–H and O–H groups in total. The molecule has 0 saturated carbocycles. The van der Waals surface area contributed by atoms with E-state index in [2.05, 4.69) is 29.5 Å². The minimum atomic E-state index is 0.134. The summed E-state index contributed by atoms with van der Waals surface area (Å²) in [5.74, 6) is 0. The highest BCUT2D eigenvalue weighted by Crippen LogP contribution is 2.26. The lowest BCUT2D eigenvalue weighted by Crippen LogP contribution is -2.26. The van der Waals surface area contributed by atoms with Crippen LogP contribution in [0.15, 0.2) is 24.4 Å². The van der Waals surface area contributed by atoms with Gasteiger partial charge in [0.1, 0.15) is 0 Å². The first-order chi connectivity index (χ1) is 10.2. The number of likely N-dealkylation sites (N-methyl/N-ethyl adjacent to an activating group) is 1. The molecule has 0 aliphatic rings. The van der Waals surface area contributed by atoms with Crippen molar-refractivity contribution in [3.05, 3.63) is 45.7 Å². The maximum absolute atomic E-state index is 6.29. The zero-order valence-corrected chi connectivity index (χ0v) is 13.8. The third-order valence-electron chi connectivity index (χ3n) is 3.33. The van der Waals surface area contributed by atoms with Gasteiger partial charge in [-0.15, -0.1) is 5.10 Å². The fourth-order valence-corrected chi connectivity index (χ4v) is 2.84. The van der Waals surface area contributed by atoms with Gasteiger partial charge in [-0.2, -0.15) is 0 Å². The Morgan fingerprint density at radius 3 is 2.76 bits per heavy atom. The maximum Gasteiger partial charge on any atom is 0.0759 e. The van der Waals surface area contributed by atoms with Gasteiger partial charge in [0, 0.05) is 16.6 Å². The molecule has 0 radical (unpaired) electrons. The van der Waals surface area contributed by atoms with E-state index in [0.29, 0.717) is 10.0 Å². The van der Waals surface area contributed by atoms with E-state index in [1.807, 2.05) is 23.0 Å². The summed E-state index contributed by atoms with van der Waals surface area (Å²) in [6.07, 6.45) is 3.63. The lowest BCUT2D eigenvalue weighted by atomic mass is 10.0. The Labute approximate surface area is 135 Å². The largest absolute Gasteiger partial charge is 0.309 e. The smallest absolute Gasteiger partial charge is 0.0759 e. The highest BCUT2D eigenvalue weighted by atomic mass is 35.5. The third-order valence-corrected chi connectivity index (χ3v) is 3.92. The Kier molecular flexibility index (Phi) is 6.03. The number of aromatic nitrogens is 3. The topological polar surface area (TPSA) is 42.7 Å². The molecule has 6 heteroatoms. The molecule has 0 aliphatic heterocycles. The van der Waals surface area contributed by atoms with Gasteiger partial charge >= 0.3 is 0 Å². The number of halogens is 2. The van der Waals surface area contributed by atoms with Crippen molar-refractivity contribution in [3.8, 4) is 0 Å². The van der Waals surface area contributed by atoms with Gasteiger partial charge < -0.3 is 5.32 Å². The molecule has 1 unspecified atom stereocenters. The summed E-state index contributed by atoms with van der Waals surface area (Å²) >= 11 is 12.2. The molecule has 2 rings (SSSR count). The van der Waals surface area contributed by atoms with Gasteiger partial charge in [-0.3, -0.25) is 0 Å². The third kappa shape index (κ3) is 4.19. The molecule has 1 atom stereocenters. The molecular weight excluding hydrogens is 307 g/mol. The molecule has 21 heavy (non-hydrogen) atoms. The Morgan fingerprint density at radius 2 is 2.10 bits per heavy atom. The summed E-state index contributed by atoms with van der Waals surface area (Å²) in [6, 6.07) is 5.76. The van der Waals surface area contributed by atoms with E-state index in [1.54, 1.807) is 6.07 Å². The van der Waals surface area contributed by atoms with Crippen molar-refractivity contribution >= 4 is 23.2 Å². The monoisotopic (exact) mass is 326 g/mol. The summed E-state index contributed by atoms with van der Waals surface area (Å²) in [5, 5.41) is 13.0. The van der Waals surface area contributed by atoms with Crippen molar-refractivity contribution < 1.29 is 0 Å². The van der Waals surface area contributed by atoms with Gasteiger partial charge in [-0.1, -0.05) is 48.3 Å². The van der Waals surface area contributed by atoms with Gasteiger partial charge in [0.15, 0.2) is 0 Å². The predicted molar refractivity (Wildman–Crippen MR) is 86.9 cm³/mol. The summed E-state index contributed by atoms with van der Waals surface area (Å²) in [7, 11) is 0. The van der Waals surface area contributed by atoms with E-state index >= 15 is 0 Å². The first-order valence-electron chi connectivity index (χ1n) is 7.21. The van der Waals surface area contributed by atoms with Crippen LogP contribution in [-0.4, -0.2) is 21.5 Å². The van der Waals surface area contributed by atoms with Crippen molar-refractivity contribution in [2.75, 3.05) is 6.54 Å². The lowest BCUT2D eigenvalue weighted by molar-refractivity contribution is 0.474. The molecule has 2 aromatic rings. The number of hydrogen-bond acceptors (Lipinski definition) is 3. The fraction of sp³-hybridized carbons (Fsp3) is 0.467. The second-order valence-electron chi connectivity index (χ2n) is 4.93. The summed E-state index contributed by atoms with van der Waals surface area (Å²) in [4.78, 5) is 0. The predicted octanol–water partition coefficient (Wildman–Crippen LogP) is 3.89. The van der Waals surface area contributed by atoms with Gasteiger partial charge in [0.25, 0.3) is 0 Å². The van der Waals surface area contributed by atoms with Crippen LogP contribution < -0.4 is 5.32 Å². The Morgan fingerprint density at radius 1 is 1.29 bits per heavy atom. The zero-order chi connectivity index (χ0) is 15.2. The van der Waals surface area contributed by atoms with E-state index in [9.17, 15) is 0 Å². The molecule has 4 nitrogen and oxygen atoms in total. The summed E-state index contributed by atoms with van der Waals surface area (Å²) < 4.78 is 1.96. The molecule has 0 bridgehead atoms. The Bertz CT molecular complexity index is 583. The second kappa shape index (κ2) is 7.78. The average molecular weight is 327 g/mol. The summed E-state index contributed by atoms with van der Waals surface area (Å²) in [6.45, 7) is 5.95. The molecule has 0 fully saturated rings.